The van der Waals surface area contributed by atoms with E-state index in [0.717, 1.165) is 0 Å². The third-order valence-electron chi connectivity index (χ3n) is 2.98. The summed E-state index contributed by atoms with van der Waals surface area (Å²) in [4.78, 5) is 12.3. The molecule has 5 nitrogen and oxygen atoms in total. The van der Waals surface area contributed by atoms with Crippen molar-refractivity contribution in [3.63, 3.8) is 0 Å². The average molecular weight is 288 g/mol. The number of hydrogen-bond acceptors (Lipinski definition) is 5. The van der Waals surface area contributed by atoms with Gasteiger partial charge in [0.25, 0.3) is 0 Å². The largest absolute Gasteiger partial charge is 0.508 e. The van der Waals surface area contributed by atoms with Gasteiger partial charge in [-0.05, 0) is 42.8 Å². The van der Waals surface area contributed by atoms with Gasteiger partial charge >= 0.3 is 5.97 Å². The number of hydrogen-bond donors (Lipinski definition) is 1. The molecule has 0 radical (unpaired) electrons. The van der Waals surface area contributed by atoms with E-state index in [-0.39, 0.29) is 5.75 Å². The van der Waals surface area contributed by atoms with Gasteiger partial charge in [0.2, 0.25) is 0 Å². The lowest BCUT2D eigenvalue weighted by molar-refractivity contribution is 0.0730. The molecule has 2 rings (SSSR count). The molecule has 0 aliphatic carbocycles. The number of aryl methyl sites for hydroxylation is 1. The van der Waals surface area contributed by atoms with E-state index in [0.29, 0.717) is 28.4 Å². The summed E-state index contributed by atoms with van der Waals surface area (Å²) in [6.45, 7) is 1.78. The minimum absolute atomic E-state index is 0.105. The van der Waals surface area contributed by atoms with Gasteiger partial charge in [-0.25, -0.2) is 4.79 Å². The van der Waals surface area contributed by atoms with Crippen LogP contribution in [0.25, 0.3) is 0 Å². The van der Waals surface area contributed by atoms with Crippen LogP contribution in [0.3, 0.4) is 0 Å². The zero-order valence-corrected chi connectivity index (χ0v) is 12.0. The zero-order valence-electron chi connectivity index (χ0n) is 12.0. The maximum Gasteiger partial charge on any atom is 0.347 e. The molecule has 0 fully saturated rings. The van der Waals surface area contributed by atoms with Gasteiger partial charge in [-0.3, -0.25) is 0 Å². The molecule has 0 atom stereocenters. The van der Waals surface area contributed by atoms with Crippen LogP contribution >= 0.6 is 0 Å². The van der Waals surface area contributed by atoms with Crippen molar-refractivity contribution in [2.45, 2.75) is 6.92 Å². The molecule has 0 amide bonds. The van der Waals surface area contributed by atoms with E-state index in [9.17, 15) is 9.90 Å². The summed E-state index contributed by atoms with van der Waals surface area (Å²) >= 11 is 0. The summed E-state index contributed by atoms with van der Waals surface area (Å²) in [5.41, 5.74) is 1.03. The van der Waals surface area contributed by atoms with Crippen LogP contribution in [-0.4, -0.2) is 25.3 Å². The first-order valence-corrected chi connectivity index (χ1v) is 6.29. The minimum Gasteiger partial charge on any atom is -0.508 e. The van der Waals surface area contributed by atoms with Gasteiger partial charge in [-0.1, -0.05) is 0 Å². The molecule has 2 aromatic carbocycles. The predicted octanol–water partition coefficient (Wildman–Crippen LogP) is 2.94. The summed E-state index contributed by atoms with van der Waals surface area (Å²) < 4.78 is 15.7. The minimum atomic E-state index is -0.530. The van der Waals surface area contributed by atoms with Crippen molar-refractivity contribution in [2.24, 2.45) is 0 Å². The highest BCUT2D eigenvalue weighted by atomic mass is 16.5. The Morgan fingerprint density at radius 3 is 2.24 bits per heavy atom. The summed E-state index contributed by atoms with van der Waals surface area (Å²) in [6.07, 6.45) is 0. The maximum absolute atomic E-state index is 12.3. The van der Waals surface area contributed by atoms with Crippen LogP contribution in [0.1, 0.15) is 15.9 Å². The van der Waals surface area contributed by atoms with E-state index in [2.05, 4.69) is 0 Å². The number of carbonyl (C=O) groups excluding carboxylic acids is 1. The molecule has 0 spiro atoms. The van der Waals surface area contributed by atoms with E-state index < -0.39 is 5.97 Å². The number of rotatable bonds is 4. The van der Waals surface area contributed by atoms with Crippen LogP contribution in [0.4, 0.5) is 0 Å². The fourth-order valence-corrected chi connectivity index (χ4v) is 1.94. The highest BCUT2D eigenvalue weighted by Gasteiger charge is 2.19. The van der Waals surface area contributed by atoms with Crippen LogP contribution in [-0.2, 0) is 0 Å². The van der Waals surface area contributed by atoms with Crippen LogP contribution in [0.2, 0.25) is 0 Å². The Hall–Kier alpha value is -2.69. The van der Waals surface area contributed by atoms with Crippen LogP contribution in [0, 0.1) is 6.92 Å². The molecule has 21 heavy (non-hydrogen) atoms. The molecule has 0 saturated carbocycles. The first-order valence-electron chi connectivity index (χ1n) is 6.29. The monoisotopic (exact) mass is 288 g/mol. The van der Waals surface area contributed by atoms with Crippen molar-refractivity contribution in [2.75, 3.05) is 14.2 Å². The van der Waals surface area contributed by atoms with E-state index in [1.54, 1.807) is 26.2 Å². The molecule has 5 heteroatoms. The summed E-state index contributed by atoms with van der Waals surface area (Å²) in [5.74, 6) is 0.905. The predicted molar refractivity (Wildman–Crippen MR) is 77.3 cm³/mol. The van der Waals surface area contributed by atoms with Crippen molar-refractivity contribution in [3.8, 4) is 23.0 Å². The molecule has 0 aromatic heterocycles. The van der Waals surface area contributed by atoms with E-state index in [1.165, 1.54) is 31.4 Å². The number of aromatic hydroxyl groups is 1. The second-order valence-electron chi connectivity index (χ2n) is 4.40. The van der Waals surface area contributed by atoms with Crippen molar-refractivity contribution in [1.82, 2.24) is 0 Å². The van der Waals surface area contributed by atoms with Crippen molar-refractivity contribution < 1.29 is 24.1 Å². The van der Waals surface area contributed by atoms with E-state index >= 15 is 0 Å². The first-order chi connectivity index (χ1) is 10.0. The molecule has 2 aromatic rings. The van der Waals surface area contributed by atoms with Crippen LogP contribution in [0.5, 0.6) is 23.0 Å². The van der Waals surface area contributed by atoms with E-state index in [4.69, 9.17) is 14.2 Å². The highest BCUT2D eigenvalue weighted by molar-refractivity contribution is 5.95. The van der Waals surface area contributed by atoms with Crippen LogP contribution < -0.4 is 14.2 Å². The second kappa shape index (κ2) is 6.17. The number of phenols is 1. The van der Waals surface area contributed by atoms with Crippen molar-refractivity contribution >= 4 is 5.97 Å². The van der Waals surface area contributed by atoms with Crippen molar-refractivity contribution in [3.05, 3.63) is 47.5 Å². The number of carbonyl (C=O) groups is 1. The molecule has 0 aliphatic rings. The molecular formula is C16H16O5. The maximum atomic E-state index is 12.3. The standard InChI is InChI=1S/C16H16O5/c1-10-8-13(19-2)9-14(20-3)15(10)16(18)21-12-6-4-11(17)5-7-12/h4-9,17H,1-3H3. The molecule has 0 aliphatic heterocycles. The Morgan fingerprint density at radius 2 is 1.67 bits per heavy atom. The van der Waals surface area contributed by atoms with Crippen LogP contribution in [0.15, 0.2) is 36.4 Å². The topological polar surface area (TPSA) is 65.0 Å². The van der Waals surface area contributed by atoms with Gasteiger partial charge < -0.3 is 19.3 Å². The van der Waals surface area contributed by atoms with Gasteiger partial charge in [-0.15, -0.1) is 0 Å². The molecule has 1 N–H and O–H groups in total. The number of esters is 1. The number of phenolic OH excluding ortho intramolecular Hbond substituents is 1. The lowest BCUT2D eigenvalue weighted by atomic mass is 10.1. The Balaban J connectivity index is 2.32. The normalized spacial score (nSPS) is 10.0. The number of benzene rings is 2. The van der Waals surface area contributed by atoms with Crippen molar-refractivity contribution in [1.29, 1.82) is 0 Å². The SMILES string of the molecule is COc1cc(C)c(C(=O)Oc2ccc(O)cc2)c(OC)c1. The molecule has 110 valence electrons. The summed E-state index contributed by atoms with van der Waals surface area (Å²) in [5, 5.41) is 9.22. The Bertz CT molecular complexity index is 646. The summed E-state index contributed by atoms with van der Waals surface area (Å²) in [6, 6.07) is 9.27. The third kappa shape index (κ3) is 3.25. The quantitative estimate of drug-likeness (QED) is 0.692. The van der Waals surface area contributed by atoms with Gasteiger partial charge in [0.15, 0.2) is 0 Å². The fraction of sp³-hybridized carbons (Fsp3) is 0.188. The second-order valence-corrected chi connectivity index (χ2v) is 4.40. The van der Waals surface area contributed by atoms with Gasteiger partial charge in [-0.2, -0.15) is 0 Å². The smallest absolute Gasteiger partial charge is 0.347 e. The van der Waals surface area contributed by atoms with Gasteiger partial charge in [0, 0.05) is 6.07 Å². The molecule has 0 unspecified atom stereocenters. The Kier molecular flexibility index (Phi) is 4.33. The molecular weight excluding hydrogens is 272 g/mol. The number of methoxy groups -OCH3 is 2. The van der Waals surface area contributed by atoms with E-state index in [1.807, 2.05) is 0 Å². The van der Waals surface area contributed by atoms with Gasteiger partial charge in [0.1, 0.15) is 28.6 Å². The lowest BCUT2D eigenvalue weighted by Gasteiger charge is -2.13. The van der Waals surface area contributed by atoms with Gasteiger partial charge in [0.05, 0.1) is 14.2 Å². The lowest BCUT2D eigenvalue weighted by Crippen LogP contribution is -2.12. The molecule has 0 bridgehead atoms. The third-order valence-corrected chi connectivity index (χ3v) is 2.98. The zero-order chi connectivity index (χ0) is 15.4. The Morgan fingerprint density at radius 1 is 1.00 bits per heavy atom. The fourth-order valence-electron chi connectivity index (χ4n) is 1.94. The molecule has 0 heterocycles. The highest BCUT2D eigenvalue weighted by Crippen LogP contribution is 2.29. The average Bonchev–Trinajstić information content (AvgIpc) is 2.48. The molecule has 0 saturated heterocycles. The Labute approximate surface area is 122 Å². The first kappa shape index (κ1) is 14.7. The summed E-state index contributed by atoms with van der Waals surface area (Å²) in [7, 11) is 3.02. The number of ether oxygens (including phenoxy) is 3.